The number of aryl methyl sites for hydroxylation is 1. The number of benzene rings is 10. The topological polar surface area (TPSA) is 8.17 Å². The van der Waals surface area contributed by atoms with Crippen LogP contribution >= 0.6 is 0 Å². The Hall–Kier alpha value is -7.68. The predicted octanol–water partition coefficient (Wildman–Crippen LogP) is 15.5. The van der Waals surface area contributed by atoms with Gasteiger partial charge in [0.2, 0.25) is 0 Å². The van der Waals surface area contributed by atoms with E-state index in [9.17, 15) is 0 Å². The van der Waals surface area contributed by atoms with Crippen molar-refractivity contribution in [2.45, 2.75) is 18.8 Å². The predicted molar refractivity (Wildman–Crippen MR) is 256 cm³/mol. The Balaban J connectivity index is 1.18. The number of rotatable bonds is 5. The van der Waals surface area contributed by atoms with Crippen molar-refractivity contribution < 1.29 is 0 Å². The Morgan fingerprint density at radius 2 is 1.05 bits per heavy atom. The Labute approximate surface area is 355 Å². The molecular formula is C59H40N2. The summed E-state index contributed by atoms with van der Waals surface area (Å²) in [7, 11) is 0. The van der Waals surface area contributed by atoms with Gasteiger partial charge in [0, 0.05) is 27.5 Å². The summed E-state index contributed by atoms with van der Waals surface area (Å²) in [6.07, 6.45) is 0.939. The molecule has 1 atom stereocenters. The third-order valence-corrected chi connectivity index (χ3v) is 13.7. The van der Waals surface area contributed by atoms with Gasteiger partial charge < -0.3 is 9.47 Å². The summed E-state index contributed by atoms with van der Waals surface area (Å²) in [5.41, 5.74) is 18.5. The van der Waals surface area contributed by atoms with Crippen LogP contribution in [0.4, 0.5) is 17.1 Å². The van der Waals surface area contributed by atoms with Crippen molar-refractivity contribution in [2.75, 3.05) is 4.90 Å². The third-order valence-electron chi connectivity index (χ3n) is 13.7. The minimum absolute atomic E-state index is 0.535. The molecule has 2 nitrogen and oxygen atoms in total. The highest BCUT2D eigenvalue weighted by Gasteiger charge is 2.51. The second-order valence-corrected chi connectivity index (χ2v) is 16.6. The fourth-order valence-electron chi connectivity index (χ4n) is 11.4. The number of nitrogens with zero attached hydrogens (tertiary/aromatic N) is 2. The van der Waals surface area contributed by atoms with E-state index in [-0.39, 0.29) is 0 Å². The standard InChI is InChI=1S/C59H40N2/c1-2-38-33-34-40-19-14-26-48-45-24-9-12-29-51(45)59(57(38)56(40)48)50-28-11-8-23-44(50)46-36-35-42(37-52(46)59)60(53-31-15-18-39-17-6-7-22-43(39)53)55-32-16-27-49-47-25-10-13-30-54(47)61(58(49)55)41-20-4-3-5-21-41/h3-37H,2H2,1H3. The van der Waals surface area contributed by atoms with E-state index in [1.165, 1.54) is 93.4 Å². The minimum Gasteiger partial charge on any atom is -0.308 e. The molecule has 2 heteroatoms. The maximum atomic E-state index is 2.55. The molecule has 0 N–H and O–H groups in total. The summed E-state index contributed by atoms with van der Waals surface area (Å²) in [6.45, 7) is 2.32. The molecule has 11 aromatic rings. The fraction of sp³-hybridized carbons (Fsp3) is 0.0508. The molecule has 2 aliphatic carbocycles. The average Bonchev–Trinajstić information content (AvgIpc) is 3.82. The van der Waals surface area contributed by atoms with Gasteiger partial charge in [-0.15, -0.1) is 0 Å². The van der Waals surface area contributed by atoms with Crippen molar-refractivity contribution in [1.82, 2.24) is 4.57 Å². The lowest BCUT2D eigenvalue weighted by atomic mass is 9.60. The van der Waals surface area contributed by atoms with E-state index >= 15 is 0 Å². The summed E-state index contributed by atoms with van der Waals surface area (Å²) in [4.78, 5) is 2.55. The van der Waals surface area contributed by atoms with Crippen molar-refractivity contribution >= 4 is 60.4 Å². The summed E-state index contributed by atoms with van der Waals surface area (Å²) >= 11 is 0. The van der Waals surface area contributed by atoms with Crippen LogP contribution in [0.15, 0.2) is 212 Å². The van der Waals surface area contributed by atoms with Crippen LogP contribution in [0.5, 0.6) is 0 Å². The molecule has 1 aromatic heterocycles. The molecule has 0 fully saturated rings. The van der Waals surface area contributed by atoms with Crippen molar-refractivity contribution in [1.29, 1.82) is 0 Å². The molecule has 0 aliphatic heterocycles. The highest BCUT2D eigenvalue weighted by Crippen LogP contribution is 2.63. The van der Waals surface area contributed by atoms with Crippen LogP contribution < -0.4 is 4.90 Å². The van der Waals surface area contributed by atoms with Gasteiger partial charge in [-0.25, -0.2) is 0 Å². The molecular weight excluding hydrogens is 737 g/mol. The molecule has 0 saturated carbocycles. The van der Waals surface area contributed by atoms with Crippen molar-refractivity contribution in [2.24, 2.45) is 0 Å². The number of fused-ring (bicyclic) bond motifs is 13. The van der Waals surface area contributed by atoms with Crippen LogP contribution in [-0.4, -0.2) is 4.57 Å². The van der Waals surface area contributed by atoms with Crippen LogP contribution in [0.25, 0.3) is 71.3 Å². The maximum absolute atomic E-state index is 2.55. The molecule has 1 unspecified atom stereocenters. The van der Waals surface area contributed by atoms with Crippen LogP contribution in [0.1, 0.15) is 34.7 Å². The van der Waals surface area contributed by atoms with E-state index in [0.717, 1.165) is 29.2 Å². The van der Waals surface area contributed by atoms with E-state index in [0.29, 0.717) is 0 Å². The second kappa shape index (κ2) is 12.9. The maximum Gasteiger partial charge on any atom is 0.0782 e. The number of hydrogen-bond acceptors (Lipinski definition) is 1. The number of para-hydroxylation sites is 3. The van der Waals surface area contributed by atoms with Gasteiger partial charge in [0.25, 0.3) is 0 Å². The first kappa shape index (κ1) is 34.2. The molecule has 0 amide bonds. The van der Waals surface area contributed by atoms with Gasteiger partial charge in [-0.2, -0.15) is 0 Å². The number of hydrogen-bond donors (Lipinski definition) is 0. The van der Waals surface area contributed by atoms with Crippen LogP contribution in [-0.2, 0) is 11.8 Å². The molecule has 0 radical (unpaired) electrons. The molecule has 61 heavy (non-hydrogen) atoms. The lowest BCUT2D eigenvalue weighted by molar-refractivity contribution is 0.759. The van der Waals surface area contributed by atoms with Crippen LogP contribution in [0.2, 0.25) is 0 Å². The van der Waals surface area contributed by atoms with Crippen molar-refractivity contribution in [3.05, 3.63) is 240 Å². The monoisotopic (exact) mass is 776 g/mol. The van der Waals surface area contributed by atoms with Crippen molar-refractivity contribution in [3.63, 3.8) is 0 Å². The van der Waals surface area contributed by atoms with Gasteiger partial charge in [0.15, 0.2) is 0 Å². The normalized spacial score (nSPS) is 14.8. The van der Waals surface area contributed by atoms with Gasteiger partial charge >= 0.3 is 0 Å². The van der Waals surface area contributed by atoms with Gasteiger partial charge in [-0.1, -0.05) is 177 Å². The molecule has 1 spiro atoms. The molecule has 1 heterocycles. The van der Waals surface area contributed by atoms with Crippen LogP contribution in [0, 0.1) is 0 Å². The molecule has 0 saturated heterocycles. The summed E-state index contributed by atoms with van der Waals surface area (Å²) in [6, 6.07) is 79.5. The van der Waals surface area contributed by atoms with E-state index < -0.39 is 5.41 Å². The Bertz CT molecular complexity index is 3590. The smallest absolute Gasteiger partial charge is 0.0782 e. The lowest BCUT2D eigenvalue weighted by Crippen LogP contribution is -2.33. The zero-order valence-corrected chi connectivity index (χ0v) is 33.8. The van der Waals surface area contributed by atoms with Gasteiger partial charge in [0.1, 0.15) is 0 Å². The highest BCUT2D eigenvalue weighted by atomic mass is 15.2. The Morgan fingerprint density at radius 3 is 1.89 bits per heavy atom. The average molecular weight is 777 g/mol. The van der Waals surface area contributed by atoms with Gasteiger partial charge in [-0.05, 0) is 115 Å². The Kier molecular flexibility index (Phi) is 7.24. The number of aromatic nitrogens is 1. The van der Waals surface area contributed by atoms with E-state index in [4.69, 9.17) is 0 Å². The molecule has 286 valence electrons. The number of anilines is 3. The first-order valence-corrected chi connectivity index (χ1v) is 21.5. The summed E-state index contributed by atoms with van der Waals surface area (Å²) in [5.74, 6) is 0. The van der Waals surface area contributed by atoms with E-state index in [1.54, 1.807) is 0 Å². The summed E-state index contributed by atoms with van der Waals surface area (Å²) < 4.78 is 2.46. The largest absolute Gasteiger partial charge is 0.308 e. The quantitative estimate of drug-likeness (QED) is 0.169. The highest BCUT2D eigenvalue weighted by molar-refractivity contribution is 6.16. The zero-order chi connectivity index (χ0) is 40.2. The van der Waals surface area contributed by atoms with E-state index in [1.807, 2.05) is 0 Å². The fourth-order valence-corrected chi connectivity index (χ4v) is 11.4. The Morgan fingerprint density at radius 1 is 0.443 bits per heavy atom. The zero-order valence-electron chi connectivity index (χ0n) is 33.8. The lowest BCUT2D eigenvalue weighted by Gasteiger charge is -2.41. The van der Waals surface area contributed by atoms with E-state index in [2.05, 4.69) is 229 Å². The molecule has 10 aromatic carbocycles. The molecule has 13 rings (SSSR count). The minimum atomic E-state index is -0.535. The first-order valence-electron chi connectivity index (χ1n) is 21.5. The SMILES string of the molecule is CCc1ccc2cccc3c2c1C1(c2ccccc2-c2ccc(N(c4cccc5ccccc45)c4cccc5c6ccccc6n(-c6ccccc6)c45)cc21)c1ccccc1-3. The first-order chi connectivity index (χ1) is 30.3. The van der Waals surface area contributed by atoms with Crippen molar-refractivity contribution in [3.8, 4) is 27.9 Å². The summed E-state index contributed by atoms with van der Waals surface area (Å²) in [5, 5.41) is 7.54. The molecule has 2 aliphatic rings. The van der Waals surface area contributed by atoms with Gasteiger partial charge in [-0.3, -0.25) is 0 Å². The van der Waals surface area contributed by atoms with Crippen LogP contribution in [0.3, 0.4) is 0 Å². The molecule has 0 bridgehead atoms. The van der Waals surface area contributed by atoms with Gasteiger partial charge in [0.05, 0.1) is 27.8 Å². The third kappa shape index (κ3) is 4.57. The second-order valence-electron chi connectivity index (χ2n) is 16.6.